The third-order valence-electron chi connectivity index (χ3n) is 2.42. The fraction of sp³-hybridized carbons (Fsp3) is 0.545. The fourth-order valence-corrected chi connectivity index (χ4v) is 2.12. The van der Waals surface area contributed by atoms with Crippen LogP contribution in [-0.2, 0) is 10.0 Å². The number of nitrogens with one attached hydrogen (secondary N) is 1. The van der Waals surface area contributed by atoms with Crippen molar-refractivity contribution in [2.24, 2.45) is 5.73 Å². The van der Waals surface area contributed by atoms with Crippen molar-refractivity contribution in [3.8, 4) is 0 Å². The normalized spacial score (nSPS) is 13.6. The van der Waals surface area contributed by atoms with E-state index < -0.39 is 10.0 Å². The van der Waals surface area contributed by atoms with Crippen LogP contribution >= 0.6 is 0 Å². The van der Waals surface area contributed by atoms with Gasteiger partial charge in [-0.05, 0) is 25.5 Å². The summed E-state index contributed by atoms with van der Waals surface area (Å²) in [5.41, 5.74) is 5.63. The van der Waals surface area contributed by atoms with E-state index in [-0.39, 0.29) is 10.9 Å². The average molecular weight is 272 g/mol. The van der Waals surface area contributed by atoms with E-state index in [1.54, 1.807) is 6.07 Å². The summed E-state index contributed by atoms with van der Waals surface area (Å²) in [4.78, 5) is 4.25. The Morgan fingerprint density at radius 2 is 2.11 bits per heavy atom. The molecule has 0 aliphatic rings. The minimum atomic E-state index is -3.40. The minimum Gasteiger partial charge on any atom is -0.370 e. The fourth-order valence-electron chi connectivity index (χ4n) is 1.28. The van der Waals surface area contributed by atoms with Crippen LogP contribution in [0.2, 0.25) is 0 Å². The van der Waals surface area contributed by atoms with Gasteiger partial charge in [-0.15, -0.1) is 0 Å². The molecule has 18 heavy (non-hydrogen) atoms. The summed E-state index contributed by atoms with van der Waals surface area (Å²) in [7, 11) is -0.424. The number of nitrogens with zero attached hydrogens (tertiary/aromatic N) is 2. The lowest BCUT2D eigenvalue weighted by Gasteiger charge is -2.12. The predicted octanol–water partition coefficient (Wildman–Crippen LogP) is 0.481. The maximum atomic E-state index is 11.8. The molecule has 3 N–H and O–H groups in total. The SMILES string of the molecule is CC(N)CCNc1ccc(S(=O)(=O)N(C)C)cn1. The van der Waals surface area contributed by atoms with E-state index in [0.717, 1.165) is 10.7 Å². The maximum absolute atomic E-state index is 11.8. The average Bonchev–Trinajstić information content (AvgIpc) is 2.29. The Hall–Kier alpha value is -1.18. The lowest BCUT2D eigenvalue weighted by molar-refractivity contribution is 0.520. The lowest BCUT2D eigenvalue weighted by Crippen LogP contribution is -2.22. The summed E-state index contributed by atoms with van der Waals surface area (Å²) >= 11 is 0. The summed E-state index contributed by atoms with van der Waals surface area (Å²) in [6, 6.07) is 3.32. The van der Waals surface area contributed by atoms with Gasteiger partial charge in [0.2, 0.25) is 10.0 Å². The lowest BCUT2D eigenvalue weighted by atomic mass is 10.2. The van der Waals surface area contributed by atoms with E-state index in [1.807, 2.05) is 6.92 Å². The Bertz CT molecular complexity index is 468. The zero-order valence-corrected chi connectivity index (χ0v) is 11.7. The van der Waals surface area contributed by atoms with Crippen molar-refractivity contribution in [1.29, 1.82) is 0 Å². The molecule has 1 aromatic heterocycles. The van der Waals surface area contributed by atoms with Crippen molar-refractivity contribution in [2.45, 2.75) is 24.3 Å². The van der Waals surface area contributed by atoms with Crippen LogP contribution in [-0.4, -0.2) is 44.4 Å². The first-order valence-corrected chi connectivity index (χ1v) is 7.16. The number of hydrogen-bond donors (Lipinski definition) is 2. The largest absolute Gasteiger partial charge is 0.370 e. The van der Waals surface area contributed by atoms with Crippen molar-refractivity contribution in [3.63, 3.8) is 0 Å². The van der Waals surface area contributed by atoms with Gasteiger partial charge in [-0.3, -0.25) is 0 Å². The second kappa shape index (κ2) is 6.12. The molecule has 0 aliphatic carbocycles. The van der Waals surface area contributed by atoms with E-state index in [9.17, 15) is 8.42 Å². The molecule has 0 radical (unpaired) electrons. The standard InChI is InChI=1S/C11H20N4O2S/c1-9(12)6-7-13-11-5-4-10(8-14-11)18(16,17)15(2)3/h4-5,8-9H,6-7,12H2,1-3H3,(H,13,14). The molecule has 0 fully saturated rings. The van der Waals surface area contributed by atoms with Crippen LogP contribution in [0.3, 0.4) is 0 Å². The van der Waals surface area contributed by atoms with Gasteiger partial charge in [-0.2, -0.15) is 0 Å². The molecule has 1 aromatic rings. The zero-order chi connectivity index (χ0) is 13.8. The van der Waals surface area contributed by atoms with Gasteiger partial charge in [0, 0.05) is 32.9 Å². The highest BCUT2D eigenvalue weighted by atomic mass is 32.2. The van der Waals surface area contributed by atoms with Gasteiger partial charge in [0.15, 0.2) is 0 Å². The van der Waals surface area contributed by atoms with Crippen molar-refractivity contribution < 1.29 is 8.42 Å². The highest BCUT2D eigenvalue weighted by Crippen LogP contribution is 2.13. The number of sulfonamides is 1. The zero-order valence-electron chi connectivity index (χ0n) is 10.9. The number of aromatic nitrogens is 1. The third kappa shape index (κ3) is 3.94. The molecular formula is C11H20N4O2S. The van der Waals surface area contributed by atoms with Crippen LogP contribution in [0, 0.1) is 0 Å². The molecule has 0 amide bonds. The molecule has 1 atom stereocenters. The summed E-state index contributed by atoms with van der Waals surface area (Å²) in [6.45, 7) is 2.65. The maximum Gasteiger partial charge on any atom is 0.244 e. The molecule has 0 aliphatic heterocycles. The van der Waals surface area contributed by atoms with Crippen LogP contribution in [0.1, 0.15) is 13.3 Å². The molecular weight excluding hydrogens is 252 g/mol. The Morgan fingerprint density at radius 3 is 2.56 bits per heavy atom. The van der Waals surface area contributed by atoms with Crippen molar-refractivity contribution in [1.82, 2.24) is 9.29 Å². The minimum absolute atomic E-state index is 0.130. The van der Waals surface area contributed by atoms with Gasteiger partial charge in [-0.25, -0.2) is 17.7 Å². The molecule has 1 unspecified atom stereocenters. The summed E-state index contributed by atoms with van der Waals surface area (Å²) < 4.78 is 24.8. The smallest absolute Gasteiger partial charge is 0.244 e. The van der Waals surface area contributed by atoms with Gasteiger partial charge >= 0.3 is 0 Å². The first kappa shape index (κ1) is 14.9. The van der Waals surface area contributed by atoms with Crippen LogP contribution in [0.15, 0.2) is 23.2 Å². The monoisotopic (exact) mass is 272 g/mol. The van der Waals surface area contributed by atoms with Crippen molar-refractivity contribution >= 4 is 15.8 Å². The third-order valence-corrected chi connectivity index (χ3v) is 4.22. The number of nitrogens with two attached hydrogens (primary N) is 1. The van der Waals surface area contributed by atoms with Gasteiger partial charge in [0.25, 0.3) is 0 Å². The Balaban J connectivity index is 2.69. The van der Waals surface area contributed by atoms with E-state index in [2.05, 4.69) is 10.3 Å². The first-order valence-electron chi connectivity index (χ1n) is 5.72. The molecule has 7 heteroatoms. The Kier molecular flexibility index (Phi) is 5.06. The number of hydrogen-bond acceptors (Lipinski definition) is 5. The molecule has 0 spiro atoms. The summed E-state index contributed by atoms with van der Waals surface area (Å²) in [5, 5.41) is 3.08. The summed E-state index contributed by atoms with van der Waals surface area (Å²) in [5.74, 6) is 0.647. The van der Waals surface area contributed by atoms with E-state index >= 15 is 0 Å². The van der Waals surface area contributed by atoms with E-state index in [0.29, 0.717) is 12.4 Å². The highest BCUT2D eigenvalue weighted by molar-refractivity contribution is 7.89. The van der Waals surface area contributed by atoms with Gasteiger partial charge in [-0.1, -0.05) is 0 Å². The number of rotatable bonds is 6. The van der Waals surface area contributed by atoms with Crippen molar-refractivity contribution in [3.05, 3.63) is 18.3 Å². The van der Waals surface area contributed by atoms with Crippen LogP contribution in [0.5, 0.6) is 0 Å². The van der Waals surface area contributed by atoms with Gasteiger partial charge in [0.1, 0.15) is 10.7 Å². The first-order chi connectivity index (χ1) is 8.34. The van der Waals surface area contributed by atoms with Crippen molar-refractivity contribution in [2.75, 3.05) is 26.0 Å². The molecule has 6 nitrogen and oxygen atoms in total. The van der Waals surface area contributed by atoms with Gasteiger partial charge in [0.05, 0.1) is 0 Å². The van der Waals surface area contributed by atoms with E-state index in [1.165, 1.54) is 26.4 Å². The molecule has 0 saturated heterocycles. The predicted molar refractivity (Wildman–Crippen MR) is 71.9 cm³/mol. The molecule has 1 rings (SSSR count). The quantitative estimate of drug-likeness (QED) is 0.786. The van der Waals surface area contributed by atoms with Gasteiger partial charge < -0.3 is 11.1 Å². The number of pyridine rings is 1. The Labute approximate surface area is 108 Å². The Morgan fingerprint density at radius 1 is 1.44 bits per heavy atom. The second-order valence-corrected chi connectivity index (χ2v) is 6.51. The van der Waals surface area contributed by atoms with Crippen LogP contribution in [0.25, 0.3) is 0 Å². The molecule has 0 bridgehead atoms. The molecule has 0 saturated carbocycles. The second-order valence-electron chi connectivity index (χ2n) is 4.36. The molecule has 0 aromatic carbocycles. The van der Waals surface area contributed by atoms with E-state index in [4.69, 9.17) is 5.73 Å². The molecule has 1 heterocycles. The highest BCUT2D eigenvalue weighted by Gasteiger charge is 2.17. The van der Waals surface area contributed by atoms with Crippen LogP contribution in [0.4, 0.5) is 5.82 Å². The van der Waals surface area contributed by atoms with Crippen LogP contribution < -0.4 is 11.1 Å². The number of anilines is 1. The molecule has 102 valence electrons. The summed E-state index contributed by atoms with van der Waals surface area (Å²) in [6.07, 6.45) is 2.18. The topological polar surface area (TPSA) is 88.3 Å².